The van der Waals surface area contributed by atoms with Crippen LogP contribution < -0.4 is 5.73 Å². The predicted molar refractivity (Wildman–Crippen MR) is 74.5 cm³/mol. The minimum absolute atomic E-state index is 0.0292. The lowest BCUT2D eigenvalue weighted by atomic mass is 10.2. The summed E-state index contributed by atoms with van der Waals surface area (Å²) in [5.74, 6) is -0.796. The SMILES string of the molecule is CN(C)C(=O)CCOC(=O)c1cc(N)cc(Cl)c1Cl. The van der Waals surface area contributed by atoms with Crippen LogP contribution in [0.25, 0.3) is 0 Å². The summed E-state index contributed by atoms with van der Waals surface area (Å²) in [5.41, 5.74) is 5.97. The summed E-state index contributed by atoms with van der Waals surface area (Å²) in [6.07, 6.45) is 0.104. The first kappa shape index (κ1) is 15.6. The number of ether oxygens (including phenoxy) is 1. The number of amides is 1. The monoisotopic (exact) mass is 304 g/mol. The maximum absolute atomic E-state index is 11.8. The summed E-state index contributed by atoms with van der Waals surface area (Å²) in [6.45, 7) is -0.0292. The molecule has 0 heterocycles. The summed E-state index contributed by atoms with van der Waals surface area (Å²) >= 11 is 11.7. The zero-order chi connectivity index (χ0) is 14.6. The molecule has 0 aliphatic heterocycles. The first-order valence-electron chi connectivity index (χ1n) is 5.44. The van der Waals surface area contributed by atoms with Gasteiger partial charge in [-0.2, -0.15) is 0 Å². The summed E-state index contributed by atoms with van der Waals surface area (Å²) in [7, 11) is 3.25. The summed E-state index contributed by atoms with van der Waals surface area (Å²) < 4.78 is 4.95. The van der Waals surface area contributed by atoms with Gasteiger partial charge in [-0.1, -0.05) is 23.2 Å². The van der Waals surface area contributed by atoms with Crippen molar-refractivity contribution >= 4 is 40.8 Å². The largest absolute Gasteiger partial charge is 0.462 e. The van der Waals surface area contributed by atoms with Crippen molar-refractivity contribution in [3.05, 3.63) is 27.7 Å². The lowest BCUT2D eigenvalue weighted by Crippen LogP contribution is -2.23. The molecule has 1 amide bonds. The van der Waals surface area contributed by atoms with E-state index in [9.17, 15) is 9.59 Å². The van der Waals surface area contributed by atoms with Crippen LogP contribution in [0.5, 0.6) is 0 Å². The Balaban J connectivity index is 2.67. The highest BCUT2D eigenvalue weighted by atomic mass is 35.5. The molecule has 5 nitrogen and oxygen atoms in total. The highest BCUT2D eigenvalue weighted by molar-refractivity contribution is 6.44. The molecule has 0 fully saturated rings. The minimum Gasteiger partial charge on any atom is -0.462 e. The van der Waals surface area contributed by atoms with E-state index in [1.165, 1.54) is 17.0 Å². The van der Waals surface area contributed by atoms with E-state index in [1.807, 2.05) is 0 Å². The number of halogens is 2. The third kappa shape index (κ3) is 4.29. The number of carbonyl (C=O) groups is 2. The topological polar surface area (TPSA) is 72.6 Å². The van der Waals surface area contributed by atoms with Gasteiger partial charge in [-0.25, -0.2) is 4.79 Å². The van der Waals surface area contributed by atoms with Crippen LogP contribution in [0.15, 0.2) is 12.1 Å². The van der Waals surface area contributed by atoms with E-state index >= 15 is 0 Å². The Hall–Kier alpha value is -1.46. The number of benzene rings is 1. The van der Waals surface area contributed by atoms with Crippen molar-refractivity contribution < 1.29 is 14.3 Å². The molecule has 0 unspecified atom stereocenters. The molecule has 1 aromatic carbocycles. The van der Waals surface area contributed by atoms with Gasteiger partial charge in [-0.3, -0.25) is 4.79 Å². The van der Waals surface area contributed by atoms with Gasteiger partial charge < -0.3 is 15.4 Å². The highest BCUT2D eigenvalue weighted by Gasteiger charge is 2.16. The Morgan fingerprint density at radius 1 is 1.32 bits per heavy atom. The summed E-state index contributed by atoms with van der Waals surface area (Å²) in [4.78, 5) is 24.5. The molecule has 0 radical (unpaired) electrons. The van der Waals surface area contributed by atoms with E-state index in [4.69, 9.17) is 33.7 Å². The van der Waals surface area contributed by atoms with Crippen molar-refractivity contribution in [2.75, 3.05) is 26.4 Å². The Morgan fingerprint density at radius 3 is 2.53 bits per heavy atom. The second-order valence-electron chi connectivity index (χ2n) is 4.04. The van der Waals surface area contributed by atoms with Crippen molar-refractivity contribution in [3.8, 4) is 0 Å². The van der Waals surface area contributed by atoms with Crippen LogP contribution >= 0.6 is 23.2 Å². The molecule has 1 aromatic rings. The van der Waals surface area contributed by atoms with Gasteiger partial charge >= 0.3 is 5.97 Å². The smallest absolute Gasteiger partial charge is 0.339 e. The van der Waals surface area contributed by atoms with Crippen LogP contribution in [-0.2, 0) is 9.53 Å². The molecule has 0 bridgehead atoms. The highest BCUT2D eigenvalue weighted by Crippen LogP contribution is 2.29. The molecule has 0 spiro atoms. The molecule has 19 heavy (non-hydrogen) atoms. The van der Waals surface area contributed by atoms with Gasteiger partial charge in [-0.05, 0) is 12.1 Å². The second-order valence-corrected chi connectivity index (χ2v) is 4.82. The molecule has 1 rings (SSSR count). The van der Waals surface area contributed by atoms with Crippen LogP contribution in [0.4, 0.5) is 5.69 Å². The predicted octanol–water partition coefficient (Wildman–Crippen LogP) is 2.21. The number of nitrogens with two attached hydrogens (primary N) is 1. The van der Waals surface area contributed by atoms with Crippen LogP contribution in [0.2, 0.25) is 10.0 Å². The zero-order valence-electron chi connectivity index (χ0n) is 10.6. The number of hydrogen-bond acceptors (Lipinski definition) is 4. The average molecular weight is 305 g/mol. The van der Waals surface area contributed by atoms with Crippen molar-refractivity contribution in [2.24, 2.45) is 0 Å². The summed E-state index contributed by atoms with van der Waals surface area (Å²) in [6, 6.07) is 2.82. The van der Waals surface area contributed by atoms with Crippen molar-refractivity contribution in [2.45, 2.75) is 6.42 Å². The second kappa shape index (κ2) is 6.63. The van der Waals surface area contributed by atoms with E-state index < -0.39 is 5.97 Å². The zero-order valence-corrected chi connectivity index (χ0v) is 12.1. The first-order chi connectivity index (χ1) is 8.82. The number of nitrogen functional groups attached to an aromatic ring is 1. The van der Waals surface area contributed by atoms with Crippen LogP contribution in [-0.4, -0.2) is 37.5 Å². The van der Waals surface area contributed by atoms with Crippen LogP contribution in [0.1, 0.15) is 16.8 Å². The fourth-order valence-electron chi connectivity index (χ4n) is 1.29. The van der Waals surface area contributed by atoms with Gasteiger partial charge in [0.25, 0.3) is 0 Å². The van der Waals surface area contributed by atoms with Crippen molar-refractivity contribution in [1.29, 1.82) is 0 Å². The standard InChI is InChI=1S/C12H14Cl2N2O3/c1-16(2)10(17)3-4-19-12(18)8-5-7(15)6-9(13)11(8)14/h5-6H,3-4,15H2,1-2H3. The van der Waals surface area contributed by atoms with Crippen molar-refractivity contribution in [1.82, 2.24) is 4.90 Å². The number of rotatable bonds is 4. The van der Waals surface area contributed by atoms with Gasteiger partial charge in [0.05, 0.1) is 22.0 Å². The minimum atomic E-state index is -0.661. The number of carbonyl (C=O) groups excluding carboxylic acids is 2. The number of nitrogens with zero attached hydrogens (tertiary/aromatic N) is 1. The van der Waals surface area contributed by atoms with Gasteiger partial charge in [0.15, 0.2) is 0 Å². The normalized spacial score (nSPS) is 10.1. The maximum atomic E-state index is 11.8. The first-order valence-corrected chi connectivity index (χ1v) is 6.20. The number of esters is 1. The van der Waals surface area contributed by atoms with Gasteiger partial charge in [0, 0.05) is 19.8 Å². The Kier molecular flexibility index (Phi) is 5.44. The molecule has 0 saturated heterocycles. The molecular formula is C12H14Cl2N2O3. The Bertz CT molecular complexity index is 504. The van der Waals surface area contributed by atoms with Crippen LogP contribution in [0.3, 0.4) is 0 Å². The van der Waals surface area contributed by atoms with E-state index in [1.54, 1.807) is 14.1 Å². The van der Waals surface area contributed by atoms with E-state index in [2.05, 4.69) is 0 Å². The molecule has 0 saturated carbocycles. The number of hydrogen-bond donors (Lipinski definition) is 1. The molecule has 0 aliphatic rings. The molecular weight excluding hydrogens is 291 g/mol. The van der Waals surface area contributed by atoms with E-state index in [0.29, 0.717) is 5.69 Å². The fraction of sp³-hybridized carbons (Fsp3) is 0.333. The summed E-state index contributed by atoms with van der Waals surface area (Å²) in [5, 5.41) is 0.262. The molecule has 0 aromatic heterocycles. The third-order valence-electron chi connectivity index (χ3n) is 2.32. The number of anilines is 1. The quantitative estimate of drug-likeness (QED) is 0.684. The lowest BCUT2D eigenvalue weighted by molar-refractivity contribution is -0.129. The van der Waals surface area contributed by atoms with Crippen molar-refractivity contribution in [3.63, 3.8) is 0 Å². The van der Waals surface area contributed by atoms with Gasteiger partial charge in [0.2, 0.25) is 5.91 Å². The Labute approximate surface area is 121 Å². The third-order valence-corrected chi connectivity index (χ3v) is 3.12. The Morgan fingerprint density at radius 2 is 1.95 bits per heavy atom. The van der Waals surface area contributed by atoms with Gasteiger partial charge in [0.1, 0.15) is 6.61 Å². The lowest BCUT2D eigenvalue weighted by Gasteiger charge is -2.11. The average Bonchev–Trinajstić information content (AvgIpc) is 2.33. The fourth-order valence-corrected chi connectivity index (χ4v) is 1.71. The maximum Gasteiger partial charge on any atom is 0.339 e. The van der Waals surface area contributed by atoms with Crippen LogP contribution in [0, 0.1) is 0 Å². The molecule has 104 valence electrons. The van der Waals surface area contributed by atoms with Gasteiger partial charge in [-0.15, -0.1) is 0 Å². The molecule has 0 atom stereocenters. The molecule has 0 aliphatic carbocycles. The molecule has 7 heteroatoms. The molecule has 2 N–H and O–H groups in total. The van der Waals surface area contributed by atoms with E-state index in [-0.39, 0.29) is 34.5 Å². The van der Waals surface area contributed by atoms with E-state index in [0.717, 1.165) is 0 Å².